The van der Waals surface area contributed by atoms with Gasteiger partial charge >= 0.3 is 0 Å². The number of benzene rings is 1. The number of hydrogen-bond acceptors (Lipinski definition) is 3. The largest absolute Gasteiger partial charge is 0.376 e. The molecule has 4 heteroatoms. The van der Waals surface area contributed by atoms with Crippen LogP contribution in [0.1, 0.15) is 32.3 Å². The number of primary amides is 1. The number of rotatable bonds is 8. The highest BCUT2D eigenvalue weighted by atomic mass is 16.5. The summed E-state index contributed by atoms with van der Waals surface area (Å²) in [5.41, 5.74) is 5.45. The first kappa shape index (κ1) is 15.7. The molecular weight excluding hydrogens is 240 g/mol. The SMILES string of the molecule is CCCC(C)OCC(NC)(C(N)=O)c1ccccc1. The van der Waals surface area contributed by atoms with Crippen LogP contribution < -0.4 is 11.1 Å². The first-order valence-electron chi connectivity index (χ1n) is 6.72. The zero-order valence-electron chi connectivity index (χ0n) is 12.0. The van der Waals surface area contributed by atoms with E-state index in [1.165, 1.54) is 0 Å². The van der Waals surface area contributed by atoms with Gasteiger partial charge in [-0.1, -0.05) is 43.7 Å². The molecule has 0 bridgehead atoms. The summed E-state index contributed by atoms with van der Waals surface area (Å²) < 4.78 is 5.79. The molecule has 106 valence electrons. The fourth-order valence-electron chi connectivity index (χ4n) is 2.12. The minimum absolute atomic E-state index is 0.112. The highest BCUT2D eigenvalue weighted by Crippen LogP contribution is 2.22. The summed E-state index contributed by atoms with van der Waals surface area (Å²) >= 11 is 0. The quantitative estimate of drug-likeness (QED) is 0.752. The number of hydrogen-bond donors (Lipinski definition) is 2. The topological polar surface area (TPSA) is 64.3 Å². The van der Waals surface area contributed by atoms with Gasteiger partial charge in [-0.2, -0.15) is 0 Å². The van der Waals surface area contributed by atoms with Gasteiger partial charge in [0.2, 0.25) is 5.91 Å². The maximum atomic E-state index is 11.9. The number of ether oxygens (including phenoxy) is 1. The van der Waals surface area contributed by atoms with E-state index in [2.05, 4.69) is 12.2 Å². The molecule has 0 aliphatic rings. The molecule has 0 spiro atoms. The summed E-state index contributed by atoms with van der Waals surface area (Å²) in [7, 11) is 1.73. The van der Waals surface area contributed by atoms with Crippen molar-refractivity contribution < 1.29 is 9.53 Å². The Morgan fingerprint density at radius 3 is 2.53 bits per heavy atom. The molecule has 0 radical (unpaired) electrons. The molecule has 1 rings (SSSR count). The van der Waals surface area contributed by atoms with Crippen molar-refractivity contribution in [3.8, 4) is 0 Å². The van der Waals surface area contributed by atoms with E-state index in [0.717, 1.165) is 18.4 Å². The highest BCUT2D eigenvalue weighted by molar-refractivity contribution is 5.86. The van der Waals surface area contributed by atoms with E-state index < -0.39 is 11.4 Å². The van der Waals surface area contributed by atoms with Gasteiger partial charge in [0.25, 0.3) is 0 Å². The molecule has 2 atom stereocenters. The molecule has 1 aromatic carbocycles. The van der Waals surface area contributed by atoms with Crippen molar-refractivity contribution in [1.82, 2.24) is 5.32 Å². The van der Waals surface area contributed by atoms with Gasteiger partial charge in [0.1, 0.15) is 5.54 Å². The Balaban J connectivity index is 2.91. The van der Waals surface area contributed by atoms with Crippen molar-refractivity contribution in [2.45, 2.75) is 38.3 Å². The molecule has 0 saturated heterocycles. The normalized spacial score (nSPS) is 15.7. The van der Waals surface area contributed by atoms with Crippen LogP contribution in [0.2, 0.25) is 0 Å². The standard InChI is InChI=1S/C15H24N2O2/c1-4-8-12(2)19-11-15(17-3,14(16)18)13-9-6-5-7-10-13/h5-7,9-10,12,17H,4,8,11H2,1-3H3,(H2,16,18). The minimum Gasteiger partial charge on any atom is -0.376 e. The maximum absolute atomic E-state index is 11.9. The van der Waals surface area contributed by atoms with Crippen LogP contribution in [0.25, 0.3) is 0 Å². The van der Waals surface area contributed by atoms with Crippen LogP contribution in [0.3, 0.4) is 0 Å². The van der Waals surface area contributed by atoms with Crippen LogP contribution in [0.5, 0.6) is 0 Å². The number of likely N-dealkylation sites (N-methyl/N-ethyl adjacent to an activating group) is 1. The zero-order valence-corrected chi connectivity index (χ0v) is 12.0. The number of nitrogens with two attached hydrogens (primary N) is 1. The number of amides is 1. The van der Waals surface area contributed by atoms with Crippen LogP contribution in [-0.2, 0) is 15.1 Å². The predicted molar refractivity (Wildman–Crippen MR) is 76.7 cm³/mol. The molecule has 19 heavy (non-hydrogen) atoms. The molecular formula is C15H24N2O2. The van der Waals surface area contributed by atoms with Gasteiger partial charge in [0.15, 0.2) is 0 Å². The summed E-state index contributed by atoms with van der Waals surface area (Å²) in [4.78, 5) is 11.9. The van der Waals surface area contributed by atoms with Crippen LogP contribution in [0, 0.1) is 0 Å². The van der Waals surface area contributed by atoms with Gasteiger partial charge in [-0.05, 0) is 26.0 Å². The second-order valence-corrected chi connectivity index (χ2v) is 4.80. The average Bonchev–Trinajstić information content (AvgIpc) is 2.41. The van der Waals surface area contributed by atoms with Crippen molar-refractivity contribution >= 4 is 5.91 Å². The van der Waals surface area contributed by atoms with E-state index in [0.29, 0.717) is 0 Å². The lowest BCUT2D eigenvalue weighted by molar-refractivity contribution is -0.128. The Morgan fingerprint density at radius 2 is 2.05 bits per heavy atom. The first-order chi connectivity index (χ1) is 9.06. The molecule has 4 nitrogen and oxygen atoms in total. The van der Waals surface area contributed by atoms with Gasteiger partial charge in [-0.3, -0.25) is 4.79 Å². The second kappa shape index (κ2) is 7.26. The van der Waals surface area contributed by atoms with E-state index in [-0.39, 0.29) is 12.7 Å². The summed E-state index contributed by atoms with van der Waals surface area (Å²) in [5.74, 6) is -0.426. The third-order valence-corrected chi connectivity index (χ3v) is 3.39. The van der Waals surface area contributed by atoms with E-state index in [4.69, 9.17) is 10.5 Å². The van der Waals surface area contributed by atoms with E-state index in [1.54, 1.807) is 7.05 Å². The van der Waals surface area contributed by atoms with E-state index in [1.807, 2.05) is 37.3 Å². The van der Waals surface area contributed by atoms with E-state index in [9.17, 15) is 4.79 Å². The molecule has 0 fully saturated rings. The summed E-state index contributed by atoms with van der Waals surface area (Å²) in [5, 5.41) is 3.03. The van der Waals surface area contributed by atoms with Gasteiger partial charge in [0.05, 0.1) is 12.7 Å². The van der Waals surface area contributed by atoms with E-state index >= 15 is 0 Å². The number of carbonyl (C=O) groups is 1. The minimum atomic E-state index is -0.969. The second-order valence-electron chi connectivity index (χ2n) is 4.80. The van der Waals surface area contributed by atoms with Gasteiger partial charge in [-0.15, -0.1) is 0 Å². The third kappa shape index (κ3) is 3.78. The molecule has 3 N–H and O–H groups in total. The Labute approximate surface area is 115 Å². The third-order valence-electron chi connectivity index (χ3n) is 3.39. The predicted octanol–water partition coefficient (Wildman–Crippen LogP) is 1.79. The van der Waals surface area contributed by atoms with Crippen molar-refractivity contribution in [2.24, 2.45) is 5.73 Å². The summed E-state index contributed by atoms with van der Waals surface area (Å²) in [6.07, 6.45) is 2.13. The first-order valence-corrected chi connectivity index (χ1v) is 6.72. The van der Waals surface area contributed by atoms with Crippen LogP contribution in [0.15, 0.2) is 30.3 Å². The molecule has 0 saturated carbocycles. The Bertz CT molecular complexity index is 394. The van der Waals surface area contributed by atoms with Crippen LogP contribution in [-0.4, -0.2) is 25.7 Å². The van der Waals surface area contributed by atoms with Crippen molar-refractivity contribution in [2.75, 3.05) is 13.7 Å². The lowest BCUT2D eigenvalue weighted by Crippen LogP contribution is -2.54. The summed E-state index contributed by atoms with van der Waals surface area (Å²) in [6, 6.07) is 9.45. The zero-order chi connectivity index (χ0) is 14.3. The van der Waals surface area contributed by atoms with Gasteiger partial charge in [-0.25, -0.2) is 0 Å². The highest BCUT2D eigenvalue weighted by Gasteiger charge is 2.37. The molecule has 0 aromatic heterocycles. The fraction of sp³-hybridized carbons (Fsp3) is 0.533. The molecule has 0 aliphatic carbocycles. The molecule has 2 unspecified atom stereocenters. The van der Waals surface area contributed by atoms with Crippen molar-refractivity contribution in [3.05, 3.63) is 35.9 Å². The Kier molecular flexibility index (Phi) is 5.99. The Morgan fingerprint density at radius 1 is 1.42 bits per heavy atom. The molecule has 0 heterocycles. The van der Waals surface area contributed by atoms with Gasteiger partial charge < -0.3 is 15.8 Å². The molecule has 0 aliphatic heterocycles. The fourth-order valence-corrected chi connectivity index (χ4v) is 2.12. The monoisotopic (exact) mass is 264 g/mol. The number of carbonyl (C=O) groups excluding carboxylic acids is 1. The maximum Gasteiger partial charge on any atom is 0.244 e. The average molecular weight is 264 g/mol. The lowest BCUT2D eigenvalue weighted by atomic mass is 9.90. The van der Waals surface area contributed by atoms with Crippen LogP contribution in [0.4, 0.5) is 0 Å². The summed E-state index contributed by atoms with van der Waals surface area (Å²) in [6.45, 7) is 4.36. The van der Waals surface area contributed by atoms with Crippen molar-refractivity contribution in [1.29, 1.82) is 0 Å². The van der Waals surface area contributed by atoms with Crippen molar-refractivity contribution in [3.63, 3.8) is 0 Å². The van der Waals surface area contributed by atoms with Gasteiger partial charge in [0, 0.05) is 0 Å². The number of nitrogens with one attached hydrogen (secondary N) is 1. The molecule has 1 aromatic rings. The molecule has 1 amide bonds. The lowest BCUT2D eigenvalue weighted by Gasteiger charge is -2.31. The van der Waals surface area contributed by atoms with Crippen LogP contribution >= 0.6 is 0 Å². The Hall–Kier alpha value is -1.39. The smallest absolute Gasteiger partial charge is 0.244 e.